The lowest BCUT2D eigenvalue weighted by molar-refractivity contribution is 0.0945. The summed E-state index contributed by atoms with van der Waals surface area (Å²) < 4.78 is 5.25. The lowest BCUT2D eigenvalue weighted by Crippen LogP contribution is -2.26. The summed E-state index contributed by atoms with van der Waals surface area (Å²) in [6.45, 7) is 0.464. The van der Waals surface area contributed by atoms with E-state index in [4.69, 9.17) is 4.52 Å². The number of aromatic amines is 1. The zero-order valence-electron chi connectivity index (χ0n) is 13.4. The average Bonchev–Trinajstić information content (AvgIpc) is 3.29. The molecule has 4 rings (SSSR count). The van der Waals surface area contributed by atoms with E-state index in [9.17, 15) is 4.79 Å². The minimum absolute atomic E-state index is 0.262. The van der Waals surface area contributed by atoms with Gasteiger partial charge in [-0.2, -0.15) is 0 Å². The Balaban J connectivity index is 1.37. The lowest BCUT2D eigenvalue weighted by Gasteiger charge is -2.00. The number of hydrogen-bond donors (Lipinski definition) is 2. The SMILES string of the molecule is O=C(NCCc1nc2ccccc2[nH]1)c1cc(-c2ccccc2)on1. The van der Waals surface area contributed by atoms with Gasteiger partial charge in [0.1, 0.15) is 5.82 Å². The van der Waals surface area contributed by atoms with Crippen LogP contribution in [0.1, 0.15) is 16.3 Å². The first-order valence-corrected chi connectivity index (χ1v) is 8.03. The monoisotopic (exact) mass is 332 g/mol. The third-order valence-electron chi connectivity index (χ3n) is 3.89. The second-order valence-electron chi connectivity index (χ2n) is 5.65. The Kier molecular flexibility index (Phi) is 4.00. The van der Waals surface area contributed by atoms with Crippen molar-refractivity contribution in [1.29, 1.82) is 0 Å². The number of hydrogen-bond acceptors (Lipinski definition) is 4. The van der Waals surface area contributed by atoms with E-state index in [0.29, 0.717) is 18.7 Å². The van der Waals surface area contributed by atoms with Gasteiger partial charge in [0.15, 0.2) is 11.5 Å². The highest BCUT2D eigenvalue weighted by Crippen LogP contribution is 2.19. The van der Waals surface area contributed by atoms with Gasteiger partial charge in [0.05, 0.1) is 11.0 Å². The number of carbonyl (C=O) groups is 1. The van der Waals surface area contributed by atoms with Crippen LogP contribution >= 0.6 is 0 Å². The van der Waals surface area contributed by atoms with Gasteiger partial charge >= 0.3 is 0 Å². The number of H-pyrrole nitrogens is 1. The van der Waals surface area contributed by atoms with Gasteiger partial charge in [0, 0.05) is 24.6 Å². The molecule has 0 aliphatic heterocycles. The zero-order chi connectivity index (χ0) is 17.1. The van der Waals surface area contributed by atoms with Crippen molar-refractivity contribution in [2.24, 2.45) is 0 Å². The molecule has 2 heterocycles. The van der Waals surface area contributed by atoms with Crippen molar-refractivity contribution in [3.63, 3.8) is 0 Å². The molecule has 1 amide bonds. The molecule has 6 heteroatoms. The van der Waals surface area contributed by atoms with Gasteiger partial charge in [-0.05, 0) is 12.1 Å². The van der Waals surface area contributed by atoms with E-state index in [-0.39, 0.29) is 11.6 Å². The molecule has 4 aromatic rings. The second kappa shape index (κ2) is 6.60. The van der Waals surface area contributed by atoms with Crippen molar-refractivity contribution >= 4 is 16.9 Å². The Hall–Kier alpha value is -3.41. The Morgan fingerprint density at radius 1 is 1.08 bits per heavy atom. The topological polar surface area (TPSA) is 83.8 Å². The van der Waals surface area contributed by atoms with Crippen molar-refractivity contribution in [3.8, 4) is 11.3 Å². The van der Waals surface area contributed by atoms with Crippen LogP contribution in [0.2, 0.25) is 0 Å². The molecular weight excluding hydrogens is 316 g/mol. The number of aromatic nitrogens is 3. The first kappa shape index (κ1) is 15.1. The molecule has 25 heavy (non-hydrogen) atoms. The Labute approximate surface area is 143 Å². The van der Waals surface area contributed by atoms with E-state index >= 15 is 0 Å². The smallest absolute Gasteiger partial charge is 0.273 e. The summed E-state index contributed by atoms with van der Waals surface area (Å²) in [5.74, 6) is 1.15. The summed E-state index contributed by atoms with van der Waals surface area (Å²) >= 11 is 0. The number of para-hydroxylation sites is 2. The molecule has 0 unspecified atom stereocenters. The molecule has 6 nitrogen and oxygen atoms in total. The number of imidazole rings is 1. The maximum absolute atomic E-state index is 12.2. The van der Waals surface area contributed by atoms with Crippen LogP contribution in [0.15, 0.2) is 65.2 Å². The minimum atomic E-state index is -0.262. The standard InChI is InChI=1S/C19H16N4O2/c24-19(16-12-17(25-23-16)13-6-2-1-3-7-13)20-11-10-18-21-14-8-4-5-9-15(14)22-18/h1-9,12H,10-11H2,(H,20,24)(H,21,22). The Morgan fingerprint density at radius 2 is 1.88 bits per heavy atom. The highest BCUT2D eigenvalue weighted by Gasteiger charge is 2.13. The highest BCUT2D eigenvalue weighted by atomic mass is 16.5. The maximum Gasteiger partial charge on any atom is 0.273 e. The summed E-state index contributed by atoms with van der Waals surface area (Å²) in [5, 5.41) is 6.68. The number of rotatable bonds is 5. The molecule has 0 aliphatic rings. The molecule has 0 bridgehead atoms. The van der Waals surface area contributed by atoms with Crippen LogP contribution in [-0.4, -0.2) is 27.6 Å². The molecule has 0 saturated heterocycles. The maximum atomic E-state index is 12.2. The second-order valence-corrected chi connectivity index (χ2v) is 5.65. The predicted molar refractivity (Wildman–Crippen MR) is 94.1 cm³/mol. The quantitative estimate of drug-likeness (QED) is 0.588. The van der Waals surface area contributed by atoms with Gasteiger partial charge in [0.25, 0.3) is 5.91 Å². The van der Waals surface area contributed by atoms with Gasteiger partial charge in [-0.3, -0.25) is 4.79 Å². The molecule has 0 fully saturated rings. The fourth-order valence-corrected chi connectivity index (χ4v) is 2.63. The van der Waals surface area contributed by atoms with E-state index in [1.54, 1.807) is 6.07 Å². The summed E-state index contributed by atoms with van der Waals surface area (Å²) in [5.41, 5.74) is 3.07. The molecule has 0 atom stereocenters. The minimum Gasteiger partial charge on any atom is -0.355 e. The van der Waals surface area contributed by atoms with Gasteiger partial charge in [-0.1, -0.05) is 47.6 Å². The lowest BCUT2D eigenvalue weighted by atomic mass is 10.1. The van der Waals surface area contributed by atoms with Gasteiger partial charge < -0.3 is 14.8 Å². The van der Waals surface area contributed by atoms with Crippen LogP contribution in [0.5, 0.6) is 0 Å². The van der Waals surface area contributed by atoms with Crippen molar-refractivity contribution < 1.29 is 9.32 Å². The van der Waals surface area contributed by atoms with E-state index < -0.39 is 0 Å². The Bertz CT molecular complexity index is 971. The number of nitrogens with zero attached hydrogens (tertiary/aromatic N) is 2. The predicted octanol–water partition coefficient (Wildman–Crippen LogP) is 3.19. The van der Waals surface area contributed by atoms with Crippen LogP contribution in [0.3, 0.4) is 0 Å². The molecule has 0 spiro atoms. The third-order valence-corrected chi connectivity index (χ3v) is 3.89. The molecular formula is C19H16N4O2. The largest absolute Gasteiger partial charge is 0.355 e. The van der Waals surface area contributed by atoms with E-state index in [1.165, 1.54) is 0 Å². The molecule has 0 saturated carbocycles. The molecule has 0 radical (unpaired) electrons. The van der Waals surface area contributed by atoms with Crippen molar-refractivity contribution in [3.05, 3.63) is 72.2 Å². The van der Waals surface area contributed by atoms with Crippen LogP contribution in [0.4, 0.5) is 0 Å². The number of benzene rings is 2. The summed E-state index contributed by atoms with van der Waals surface area (Å²) in [6, 6.07) is 19.0. The first-order chi connectivity index (χ1) is 12.3. The number of fused-ring (bicyclic) bond motifs is 1. The number of carbonyl (C=O) groups excluding carboxylic acids is 1. The van der Waals surface area contributed by atoms with Crippen molar-refractivity contribution in [2.75, 3.05) is 6.54 Å². The van der Waals surface area contributed by atoms with E-state index in [2.05, 4.69) is 20.4 Å². The van der Waals surface area contributed by atoms with Crippen LogP contribution < -0.4 is 5.32 Å². The third kappa shape index (κ3) is 3.28. The van der Waals surface area contributed by atoms with Crippen molar-refractivity contribution in [1.82, 2.24) is 20.4 Å². The van der Waals surface area contributed by atoms with Crippen LogP contribution in [0.25, 0.3) is 22.4 Å². The summed E-state index contributed by atoms with van der Waals surface area (Å²) in [4.78, 5) is 19.9. The molecule has 0 aliphatic carbocycles. The van der Waals surface area contributed by atoms with Crippen molar-refractivity contribution in [2.45, 2.75) is 6.42 Å². The fraction of sp³-hybridized carbons (Fsp3) is 0.105. The van der Waals surface area contributed by atoms with Crippen LogP contribution in [0, 0.1) is 0 Å². The summed E-state index contributed by atoms with van der Waals surface area (Å²) in [6.07, 6.45) is 0.615. The molecule has 124 valence electrons. The molecule has 2 aromatic carbocycles. The number of nitrogens with one attached hydrogen (secondary N) is 2. The summed E-state index contributed by atoms with van der Waals surface area (Å²) in [7, 11) is 0. The van der Waals surface area contributed by atoms with E-state index in [0.717, 1.165) is 22.4 Å². The molecule has 2 N–H and O–H groups in total. The van der Waals surface area contributed by atoms with Gasteiger partial charge in [-0.25, -0.2) is 4.98 Å². The van der Waals surface area contributed by atoms with Gasteiger partial charge in [-0.15, -0.1) is 0 Å². The average molecular weight is 332 g/mol. The highest BCUT2D eigenvalue weighted by molar-refractivity contribution is 5.93. The Morgan fingerprint density at radius 3 is 2.72 bits per heavy atom. The van der Waals surface area contributed by atoms with E-state index in [1.807, 2.05) is 54.6 Å². The zero-order valence-corrected chi connectivity index (χ0v) is 13.4. The van der Waals surface area contributed by atoms with Gasteiger partial charge in [0.2, 0.25) is 0 Å². The number of amides is 1. The normalized spacial score (nSPS) is 10.9. The first-order valence-electron chi connectivity index (χ1n) is 8.03. The van der Waals surface area contributed by atoms with Crippen LogP contribution in [-0.2, 0) is 6.42 Å². The molecule has 2 aromatic heterocycles. The fourth-order valence-electron chi connectivity index (χ4n) is 2.63.